The van der Waals surface area contributed by atoms with Gasteiger partial charge >= 0.3 is 0 Å². The summed E-state index contributed by atoms with van der Waals surface area (Å²) >= 11 is 0. The van der Waals surface area contributed by atoms with Crippen LogP contribution in [0.4, 0.5) is 5.69 Å². The maximum absolute atomic E-state index is 6.66. The second kappa shape index (κ2) is 5.07. The number of fused-ring (bicyclic) bond motifs is 7. The third-order valence-electron chi connectivity index (χ3n) is 8.16. The van der Waals surface area contributed by atoms with E-state index >= 15 is 0 Å². The predicted molar refractivity (Wildman–Crippen MR) is 130 cm³/mol. The monoisotopic (exact) mass is 425 g/mol. The van der Waals surface area contributed by atoms with Crippen molar-refractivity contribution in [3.05, 3.63) is 108 Å². The van der Waals surface area contributed by atoms with Crippen LogP contribution in [0.15, 0.2) is 91.3 Å². The van der Waals surface area contributed by atoms with Gasteiger partial charge in [0, 0.05) is 41.3 Å². The highest BCUT2D eigenvalue weighted by Crippen LogP contribution is 2.66. The van der Waals surface area contributed by atoms with Gasteiger partial charge in [0.15, 0.2) is 0 Å². The molecule has 1 aromatic heterocycles. The predicted octanol–water partition coefficient (Wildman–Crippen LogP) is 6.10. The van der Waals surface area contributed by atoms with Crippen LogP contribution in [0.3, 0.4) is 0 Å². The van der Waals surface area contributed by atoms with Gasteiger partial charge in [0.05, 0.1) is 27.8 Å². The number of hydrogen-bond acceptors (Lipinski definition) is 3. The van der Waals surface area contributed by atoms with Crippen molar-refractivity contribution in [2.45, 2.75) is 11.6 Å². The molecule has 0 saturated heterocycles. The van der Waals surface area contributed by atoms with E-state index in [9.17, 15) is 0 Å². The van der Waals surface area contributed by atoms with E-state index in [0.717, 1.165) is 11.5 Å². The Hall–Kier alpha value is -4.18. The van der Waals surface area contributed by atoms with Crippen LogP contribution in [0.2, 0.25) is 0 Å². The second-order valence-electron chi connectivity index (χ2n) is 9.51. The average Bonchev–Trinajstić information content (AvgIpc) is 3.50. The standard InChI is InChI=1S/C29H19N3O/c1-30-15-16-31-22-11-6-12-23-25(22)29(28(30)31)19-8-3-5-10-21(19)32-20-9-4-2-7-17(20)18-13-14-24(33-23)26(29)27(18)32/h2-16,28H,1H3. The minimum Gasteiger partial charge on any atom is -0.457 e. The molecular formula is C29H19N3O. The number of nitrogens with zero attached hydrogens (tertiary/aromatic N) is 3. The number of rotatable bonds is 0. The summed E-state index contributed by atoms with van der Waals surface area (Å²) in [5.41, 5.74) is 8.59. The van der Waals surface area contributed by atoms with Crippen LogP contribution in [-0.4, -0.2) is 22.7 Å². The first kappa shape index (κ1) is 16.5. The van der Waals surface area contributed by atoms with Crippen molar-refractivity contribution in [1.82, 2.24) is 9.47 Å². The van der Waals surface area contributed by atoms with Gasteiger partial charge in [-0.15, -0.1) is 0 Å². The normalized spacial score (nSPS) is 22.5. The molecule has 5 heterocycles. The third-order valence-corrected chi connectivity index (χ3v) is 8.16. The van der Waals surface area contributed by atoms with Crippen molar-refractivity contribution in [2.75, 3.05) is 11.9 Å². The van der Waals surface area contributed by atoms with E-state index in [-0.39, 0.29) is 11.6 Å². The summed E-state index contributed by atoms with van der Waals surface area (Å²) in [6.07, 6.45) is 4.55. The Kier molecular flexibility index (Phi) is 2.53. The average molecular weight is 425 g/mol. The molecule has 4 aliphatic rings. The fourth-order valence-corrected chi connectivity index (χ4v) is 7.15. The van der Waals surface area contributed by atoms with Gasteiger partial charge in [-0.1, -0.05) is 42.5 Å². The van der Waals surface area contributed by atoms with E-state index in [1.807, 2.05) is 0 Å². The Morgan fingerprint density at radius 1 is 0.727 bits per heavy atom. The SMILES string of the molecule is CN1C=CN2c3cccc4c3C3(c5ccccc5-n5c6ccccc6c6ccc(c3c65)O4)C12. The molecule has 0 amide bonds. The molecule has 5 aromatic rings. The van der Waals surface area contributed by atoms with Crippen LogP contribution in [0, 0.1) is 0 Å². The first-order valence-corrected chi connectivity index (χ1v) is 11.5. The maximum atomic E-state index is 6.66. The number of anilines is 1. The van der Waals surface area contributed by atoms with E-state index in [1.54, 1.807) is 0 Å². The molecule has 4 heteroatoms. The molecule has 156 valence electrons. The fourth-order valence-electron chi connectivity index (χ4n) is 7.15. The lowest BCUT2D eigenvalue weighted by atomic mass is 9.64. The van der Waals surface area contributed by atoms with E-state index in [0.29, 0.717) is 0 Å². The molecule has 1 spiro atoms. The van der Waals surface area contributed by atoms with Gasteiger partial charge in [0.1, 0.15) is 17.7 Å². The van der Waals surface area contributed by atoms with Gasteiger partial charge in [-0.2, -0.15) is 0 Å². The minimum absolute atomic E-state index is 0.120. The lowest BCUT2D eigenvalue weighted by Gasteiger charge is -2.46. The van der Waals surface area contributed by atoms with Gasteiger partial charge in [0.25, 0.3) is 0 Å². The van der Waals surface area contributed by atoms with Crippen LogP contribution in [0.1, 0.15) is 16.7 Å². The summed E-state index contributed by atoms with van der Waals surface area (Å²) in [6, 6.07) is 28.7. The van der Waals surface area contributed by atoms with Gasteiger partial charge in [-0.05, 0) is 42.0 Å². The van der Waals surface area contributed by atoms with Gasteiger partial charge in [-0.3, -0.25) is 0 Å². The van der Waals surface area contributed by atoms with Crippen LogP contribution < -0.4 is 9.64 Å². The fraction of sp³-hybridized carbons (Fsp3) is 0.103. The summed E-state index contributed by atoms with van der Waals surface area (Å²) in [5.74, 6) is 1.93. The van der Waals surface area contributed by atoms with Crippen molar-refractivity contribution in [2.24, 2.45) is 0 Å². The lowest BCUT2D eigenvalue weighted by Crippen LogP contribution is -2.52. The molecule has 4 aromatic carbocycles. The zero-order valence-electron chi connectivity index (χ0n) is 18.0. The van der Waals surface area contributed by atoms with E-state index in [2.05, 4.69) is 113 Å². The summed E-state index contributed by atoms with van der Waals surface area (Å²) in [6.45, 7) is 0. The molecular weight excluding hydrogens is 406 g/mol. The quantitative estimate of drug-likeness (QED) is 0.299. The molecule has 33 heavy (non-hydrogen) atoms. The first-order chi connectivity index (χ1) is 16.3. The summed E-state index contributed by atoms with van der Waals surface area (Å²) in [7, 11) is 2.20. The van der Waals surface area contributed by atoms with Crippen LogP contribution in [0.5, 0.6) is 11.5 Å². The molecule has 2 unspecified atom stereocenters. The molecule has 4 aliphatic heterocycles. The zero-order valence-corrected chi connectivity index (χ0v) is 18.0. The Balaban J connectivity index is 1.61. The summed E-state index contributed by atoms with van der Waals surface area (Å²) < 4.78 is 9.12. The van der Waals surface area contributed by atoms with Crippen molar-refractivity contribution in [1.29, 1.82) is 0 Å². The highest BCUT2D eigenvalue weighted by atomic mass is 16.5. The van der Waals surface area contributed by atoms with Crippen molar-refractivity contribution < 1.29 is 4.74 Å². The number of hydrogen-bond donors (Lipinski definition) is 0. The first-order valence-electron chi connectivity index (χ1n) is 11.5. The zero-order chi connectivity index (χ0) is 21.5. The van der Waals surface area contributed by atoms with Gasteiger partial charge in [0.2, 0.25) is 0 Å². The molecule has 4 nitrogen and oxygen atoms in total. The maximum Gasteiger partial charge on any atom is 0.134 e. The molecule has 0 fully saturated rings. The number of ether oxygens (including phenoxy) is 1. The highest BCUT2D eigenvalue weighted by molar-refractivity contribution is 6.13. The van der Waals surface area contributed by atoms with E-state index in [1.165, 1.54) is 49.9 Å². The minimum atomic E-state index is -0.349. The third kappa shape index (κ3) is 1.54. The van der Waals surface area contributed by atoms with Gasteiger partial charge < -0.3 is 19.1 Å². The van der Waals surface area contributed by atoms with E-state index < -0.39 is 0 Å². The Bertz CT molecular complexity index is 1750. The molecule has 9 rings (SSSR count). The summed E-state index contributed by atoms with van der Waals surface area (Å²) in [5, 5.41) is 2.57. The Morgan fingerprint density at radius 2 is 1.55 bits per heavy atom. The molecule has 0 aliphatic carbocycles. The Morgan fingerprint density at radius 3 is 2.52 bits per heavy atom. The smallest absolute Gasteiger partial charge is 0.134 e. The topological polar surface area (TPSA) is 20.6 Å². The second-order valence-corrected chi connectivity index (χ2v) is 9.51. The van der Waals surface area contributed by atoms with Crippen LogP contribution in [-0.2, 0) is 5.41 Å². The van der Waals surface area contributed by atoms with Crippen molar-refractivity contribution >= 4 is 27.5 Å². The van der Waals surface area contributed by atoms with E-state index in [4.69, 9.17) is 4.74 Å². The number of benzene rings is 4. The summed E-state index contributed by atoms with van der Waals surface area (Å²) in [4.78, 5) is 4.80. The molecule has 0 bridgehead atoms. The molecule has 0 radical (unpaired) electrons. The number of aromatic nitrogens is 1. The number of para-hydroxylation sites is 2. The molecule has 0 N–H and O–H groups in total. The van der Waals surface area contributed by atoms with Crippen LogP contribution in [0.25, 0.3) is 27.5 Å². The molecule has 0 saturated carbocycles. The number of likely N-dealkylation sites (N-methyl/N-ethyl adjacent to an activating group) is 1. The highest BCUT2D eigenvalue weighted by Gasteiger charge is 2.63. The van der Waals surface area contributed by atoms with Crippen molar-refractivity contribution in [3.63, 3.8) is 0 Å². The largest absolute Gasteiger partial charge is 0.457 e. The van der Waals surface area contributed by atoms with Gasteiger partial charge in [-0.25, -0.2) is 0 Å². The van der Waals surface area contributed by atoms with Crippen LogP contribution >= 0.6 is 0 Å². The lowest BCUT2D eigenvalue weighted by molar-refractivity contribution is 0.276. The molecule has 2 atom stereocenters. The van der Waals surface area contributed by atoms with Crippen molar-refractivity contribution in [3.8, 4) is 17.2 Å². The Labute approximate surface area is 190 Å².